The number of pyridine rings is 2. The van der Waals surface area contributed by atoms with Gasteiger partial charge >= 0.3 is 5.97 Å². The molecule has 4 aromatic rings. The second kappa shape index (κ2) is 10.8. The van der Waals surface area contributed by atoms with Crippen LogP contribution >= 0.6 is 15.9 Å². The minimum atomic E-state index is -0.995. The Bertz CT molecular complexity index is 1660. The summed E-state index contributed by atoms with van der Waals surface area (Å²) in [7, 11) is 3.96. The van der Waals surface area contributed by atoms with E-state index >= 15 is 0 Å². The molecule has 2 aliphatic carbocycles. The SMILES string of the molecule is CN(C)c1ccnc(-c2nc3cccnc3n2-c2ccc(C[C@H](N=C3C(Br)C(=O)C34CCCCC4)C(=O)O)cc2)c1. The van der Waals surface area contributed by atoms with E-state index in [1.165, 1.54) is 0 Å². The zero-order chi connectivity index (χ0) is 28.7. The molecule has 1 N–H and O–H groups in total. The molecule has 3 aromatic heterocycles. The molecule has 1 unspecified atom stereocenters. The number of alkyl halides is 1. The van der Waals surface area contributed by atoms with E-state index in [1.54, 1.807) is 12.4 Å². The number of nitrogens with zero attached hydrogens (tertiary/aromatic N) is 6. The van der Waals surface area contributed by atoms with Crippen LogP contribution in [0.15, 0.2) is 65.9 Å². The fourth-order valence-electron chi connectivity index (χ4n) is 6.01. The molecule has 10 heteroatoms. The third kappa shape index (κ3) is 4.84. The van der Waals surface area contributed by atoms with E-state index in [-0.39, 0.29) is 12.2 Å². The number of carboxylic acid groups (broad SMARTS) is 1. The lowest BCUT2D eigenvalue weighted by atomic mass is 9.58. The van der Waals surface area contributed by atoms with Gasteiger partial charge in [0.25, 0.3) is 0 Å². The molecule has 0 amide bonds. The highest BCUT2D eigenvalue weighted by atomic mass is 79.9. The summed E-state index contributed by atoms with van der Waals surface area (Å²) in [6.45, 7) is 0. The normalized spacial score (nSPS) is 19.8. The van der Waals surface area contributed by atoms with Crippen molar-refractivity contribution in [3.63, 3.8) is 0 Å². The number of ketones is 1. The van der Waals surface area contributed by atoms with Crippen LogP contribution in [0.25, 0.3) is 28.4 Å². The maximum absolute atomic E-state index is 12.8. The van der Waals surface area contributed by atoms with E-state index in [0.29, 0.717) is 17.2 Å². The summed E-state index contributed by atoms with van der Waals surface area (Å²) in [6.07, 6.45) is 8.29. The lowest BCUT2D eigenvalue weighted by molar-refractivity contribution is -0.138. The Morgan fingerprint density at radius 3 is 2.59 bits per heavy atom. The van der Waals surface area contributed by atoms with E-state index in [2.05, 4.69) is 30.9 Å². The number of carbonyl (C=O) groups is 2. The maximum atomic E-state index is 12.8. The number of Topliss-reactive ketones (excluding diaryl/α,β-unsaturated/α-hetero) is 1. The van der Waals surface area contributed by atoms with Crippen LogP contribution in [-0.4, -0.2) is 67.1 Å². The number of aromatic nitrogens is 4. The Labute approximate surface area is 246 Å². The number of fused-ring (bicyclic) bond motifs is 1. The van der Waals surface area contributed by atoms with E-state index in [1.807, 2.05) is 72.1 Å². The first-order valence-corrected chi connectivity index (χ1v) is 14.8. The van der Waals surface area contributed by atoms with Gasteiger partial charge in [0, 0.05) is 50.0 Å². The third-order valence-corrected chi connectivity index (χ3v) is 9.10. The van der Waals surface area contributed by atoms with Crippen molar-refractivity contribution in [2.75, 3.05) is 19.0 Å². The Balaban J connectivity index is 1.32. The van der Waals surface area contributed by atoms with Crippen molar-refractivity contribution in [2.24, 2.45) is 10.4 Å². The number of anilines is 1. The Morgan fingerprint density at radius 1 is 1.12 bits per heavy atom. The van der Waals surface area contributed by atoms with Gasteiger partial charge in [-0.05, 0) is 54.8 Å². The van der Waals surface area contributed by atoms with Crippen LogP contribution < -0.4 is 4.90 Å². The smallest absolute Gasteiger partial charge is 0.328 e. The number of aliphatic carboxylic acids is 1. The molecule has 1 spiro atoms. The second-order valence-electron chi connectivity index (χ2n) is 11.0. The van der Waals surface area contributed by atoms with Gasteiger partial charge in [-0.3, -0.25) is 19.3 Å². The number of carboxylic acids is 1. The van der Waals surface area contributed by atoms with E-state index in [0.717, 1.165) is 60.3 Å². The summed E-state index contributed by atoms with van der Waals surface area (Å²) in [4.78, 5) is 45.3. The fourth-order valence-corrected chi connectivity index (χ4v) is 7.01. The molecule has 0 radical (unpaired) electrons. The van der Waals surface area contributed by atoms with Crippen LogP contribution in [0.2, 0.25) is 0 Å². The van der Waals surface area contributed by atoms with E-state index in [9.17, 15) is 14.7 Å². The number of aliphatic imine (C=N–C) groups is 1. The molecular weight excluding hydrogens is 584 g/mol. The number of hydrogen-bond donors (Lipinski definition) is 1. The van der Waals surface area contributed by atoms with Crippen molar-refractivity contribution < 1.29 is 14.7 Å². The van der Waals surface area contributed by atoms with Gasteiger partial charge in [0.2, 0.25) is 0 Å². The van der Waals surface area contributed by atoms with Gasteiger partial charge in [-0.25, -0.2) is 14.8 Å². The predicted octanol–water partition coefficient (Wildman–Crippen LogP) is 5.28. The number of rotatable bonds is 7. The number of imidazole rings is 1. The molecule has 210 valence electrons. The summed E-state index contributed by atoms with van der Waals surface area (Å²) in [5.74, 6) is -0.182. The Morgan fingerprint density at radius 2 is 1.88 bits per heavy atom. The van der Waals surface area contributed by atoms with Crippen molar-refractivity contribution in [3.05, 3.63) is 66.5 Å². The molecule has 2 fully saturated rings. The maximum Gasteiger partial charge on any atom is 0.328 e. The Kier molecular flexibility index (Phi) is 7.19. The van der Waals surface area contributed by atoms with Gasteiger partial charge in [-0.1, -0.05) is 47.3 Å². The molecular formula is C31H31BrN6O3. The lowest BCUT2D eigenvalue weighted by Gasteiger charge is -2.47. The zero-order valence-electron chi connectivity index (χ0n) is 23.0. The molecule has 2 saturated carbocycles. The molecule has 1 aromatic carbocycles. The molecule has 3 heterocycles. The number of benzene rings is 1. The van der Waals surface area contributed by atoms with Crippen molar-refractivity contribution in [3.8, 4) is 17.2 Å². The lowest BCUT2D eigenvalue weighted by Crippen LogP contribution is -2.61. The van der Waals surface area contributed by atoms with Crippen molar-refractivity contribution in [1.29, 1.82) is 0 Å². The molecule has 0 aliphatic heterocycles. The predicted molar refractivity (Wildman–Crippen MR) is 162 cm³/mol. The van der Waals surface area contributed by atoms with Gasteiger partial charge in [-0.2, -0.15) is 0 Å². The van der Waals surface area contributed by atoms with Crippen molar-refractivity contribution in [2.45, 2.75) is 49.4 Å². The minimum absolute atomic E-state index is 0.145. The first kappa shape index (κ1) is 27.3. The summed E-state index contributed by atoms with van der Waals surface area (Å²) < 4.78 is 1.97. The van der Waals surface area contributed by atoms with Crippen LogP contribution in [0.3, 0.4) is 0 Å². The fraction of sp³-hybridized carbons (Fsp3) is 0.355. The number of hydrogen-bond acceptors (Lipinski definition) is 7. The standard InChI is InChI=1S/C31H31BrN6O3/c1-37(2)21-12-16-33-23(18-21)29-36-22-7-6-15-34-28(22)38(29)20-10-8-19(9-11-20)17-24(30(40)41)35-26-25(32)27(39)31(26)13-4-3-5-14-31/h6-12,15-16,18,24-25H,3-5,13-14,17H2,1-2H3,(H,40,41)/t24-,25?/m0/s1. The summed E-state index contributed by atoms with van der Waals surface area (Å²) in [5, 5.41) is 10.1. The van der Waals surface area contributed by atoms with Gasteiger partial charge < -0.3 is 10.0 Å². The largest absolute Gasteiger partial charge is 0.480 e. The minimum Gasteiger partial charge on any atom is -0.480 e. The highest BCUT2D eigenvalue weighted by molar-refractivity contribution is 9.10. The van der Waals surface area contributed by atoms with Gasteiger partial charge in [0.1, 0.15) is 16.0 Å². The molecule has 6 rings (SSSR count). The van der Waals surface area contributed by atoms with Crippen LogP contribution in [0.1, 0.15) is 37.7 Å². The molecule has 2 atom stereocenters. The van der Waals surface area contributed by atoms with Crippen LogP contribution in [0, 0.1) is 5.41 Å². The van der Waals surface area contributed by atoms with E-state index < -0.39 is 22.3 Å². The molecule has 9 nitrogen and oxygen atoms in total. The van der Waals surface area contributed by atoms with Crippen molar-refractivity contribution in [1.82, 2.24) is 19.5 Å². The summed E-state index contributed by atoms with van der Waals surface area (Å²) in [5.41, 5.74) is 4.99. The van der Waals surface area contributed by atoms with Crippen LogP contribution in [-0.2, 0) is 16.0 Å². The van der Waals surface area contributed by atoms with E-state index in [4.69, 9.17) is 4.98 Å². The highest BCUT2D eigenvalue weighted by Gasteiger charge is 2.58. The average Bonchev–Trinajstić information content (AvgIpc) is 3.39. The first-order chi connectivity index (χ1) is 19.8. The van der Waals surface area contributed by atoms with Gasteiger partial charge in [0.05, 0.1) is 5.41 Å². The second-order valence-corrected chi connectivity index (χ2v) is 11.9. The Hall–Kier alpha value is -3.92. The first-order valence-electron chi connectivity index (χ1n) is 13.8. The summed E-state index contributed by atoms with van der Waals surface area (Å²) >= 11 is 3.46. The summed E-state index contributed by atoms with van der Waals surface area (Å²) in [6, 6.07) is 14.5. The molecule has 0 bridgehead atoms. The van der Waals surface area contributed by atoms with Crippen molar-refractivity contribution >= 4 is 50.2 Å². The highest BCUT2D eigenvalue weighted by Crippen LogP contribution is 2.49. The average molecular weight is 616 g/mol. The van der Waals surface area contributed by atoms with Gasteiger partial charge in [-0.15, -0.1) is 0 Å². The third-order valence-electron chi connectivity index (χ3n) is 8.25. The van der Waals surface area contributed by atoms with Gasteiger partial charge in [0.15, 0.2) is 23.3 Å². The van der Waals surface area contributed by atoms with Crippen LogP contribution in [0.4, 0.5) is 5.69 Å². The van der Waals surface area contributed by atoms with Crippen LogP contribution in [0.5, 0.6) is 0 Å². The molecule has 2 aliphatic rings. The zero-order valence-corrected chi connectivity index (χ0v) is 24.6. The monoisotopic (exact) mass is 614 g/mol. The number of carbonyl (C=O) groups excluding carboxylic acids is 1. The number of halogens is 1. The quantitative estimate of drug-likeness (QED) is 0.282. The molecule has 41 heavy (non-hydrogen) atoms. The molecule has 0 saturated heterocycles. The topological polar surface area (TPSA) is 114 Å².